The monoisotopic (exact) mass is 430 g/mol. The van der Waals surface area contributed by atoms with Gasteiger partial charge in [0.1, 0.15) is 5.82 Å². The van der Waals surface area contributed by atoms with E-state index in [0.29, 0.717) is 22.0 Å². The van der Waals surface area contributed by atoms with E-state index in [9.17, 15) is 24.1 Å². The normalized spacial score (nSPS) is 11.0. The fourth-order valence-corrected chi connectivity index (χ4v) is 3.06. The second-order valence-corrected chi connectivity index (χ2v) is 6.76. The Kier molecular flexibility index (Phi) is 5.54. The van der Waals surface area contributed by atoms with E-state index in [1.807, 2.05) is 0 Å². The van der Waals surface area contributed by atoms with E-state index in [-0.39, 0.29) is 11.5 Å². The molecule has 8 nitrogen and oxygen atoms in total. The lowest BCUT2D eigenvalue weighted by Gasteiger charge is -2.13. The summed E-state index contributed by atoms with van der Waals surface area (Å²) in [5, 5.41) is 11.0. The number of hydrogen-bond acceptors (Lipinski definition) is 5. The van der Waals surface area contributed by atoms with Gasteiger partial charge >= 0.3 is 0 Å². The standard InChI is InChI=1S/C23H15FN4O4/c24-17-10-8-16(9-11-17)22-25-20-4-2-1-3-19(20)23(30)27(22)26-21(29)14-7-15-5-12-18(13-6-15)28(31)32/h1-14H,(H,26,29). The highest BCUT2D eigenvalue weighted by atomic mass is 19.1. The number of halogens is 1. The van der Waals surface area contributed by atoms with Crippen molar-refractivity contribution in [3.05, 3.63) is 111 Å². The second kappa shape index (κ2) is 8.60. The van der Waals surface area contributed by atoms with Crippen LogP contribution in [0, 0.1) is 15.9 Å². The van der Waals surface area contributed by atoms with Gasteiger partial charge in [0.25, 0.3) is 17.2 Å². The van der Waals surface area contributed by atoms with Gasteiger partial charge in [-0.3, -0.25) is 25.1 Å². The number of nitro benzene ring substituents is 1. The number of carbonyl (C=O) groups is 1. The number of para-hydroxylation sites is 1. The van der Waals surface area contributed by atoms with E-state index in [2.05, 4.69) is 10.4 Å². The number of nitrogens with zero attached hydrogens (tertiary/aromatic N) is 3. The maximum Gasteiger partial charge on any atom is 0.280 e. The average Bonchev–Trinajstić information content (AvgIpc) is 2.80. The van der Waals surface area contributed by atoms with Crippen molar-refractivity contribution in [2.24, 2.45) is 0 Å². The van der Waals surface area contributed by atoms with Crippen LogP contribution >= 0.6 is 0 Å². The highest BCUT2D eigenvalue weighted by molar-refractivity contribution is 5.98. The molecular weight excluding hydrogens is 415 g/mol. The Bertz CT molecular complexity index is 1410. The minimum Gasteiger partial charge on any atom is -0.268 e. The molecule has 0 radical (unpaired) electrons. The summed E-state index contributed by atoms with van der Waals surface area (Å²) in [6, 6.07) is 17.7. The number of fused-ring (bicyclic) bond motifs is 1. The van der Waals surface area contributed by atoms with E-state index >= 15 is 0 Å². The maximum atomic E-state index is 13.4. The zero-order chi connectivity index (χ0) is 22.7. The highest BCUT2D eigenvalue weighted by Crippen LogP contribution is 2.19. The number of amides is 1. The van der Waals surface area contributed by atoms with Crippen molar-refractivity contribution in [1.82, 2.24) is 9.66 Å². The van der Waals surface area contributed by atoms with Crippen LogP contribution in [0.15, 0.2) is 83.7 Å². The van der Waals surface area contributed by atoms with Gasteiger partial charge in [-0.15, -0.1) is 0 Å². The molecule has 1 amide bonds. The molecule has 1 heterocycles. The molecule has 158 valence electrons. The van der Waals surface area contributed by atoms with Gasteiger partial charge in [-0.2, -0.15) is 4.68 Å². The Morgan fingerprint density at radius 2 is 1.72 bits per heavy atom. The van der Waals surface area contributed by atoms with Gasteiger partial charge in [0, 0.05) is 23.8 Å². The summed E-state index contributed by atoms with van der Waals surface area (Å²) < 4.78 is 14.4. The minimum absolute atomic E-state index is 0.0654. The number of non-ortho nitro benzene ring substituents is 1. The lowest BCUT2D eigenvalue weighted by atomic mass is 10.2. The lowest BCUT2D eigenvalue weighted by Crippen LogP contribution is -2.34. The van der Waals surface area contributed by atoms with Crippen LogP contribution in [0.1, 0.15) is 5.56 Å². The minimum atomic E-state index is -0.620. The van der Waals surface area contributed by atoms with E-state index in [1.54, 1.807) is 24.3 Å². The molecule has 0 aliphatic heterocycles. The van der Waals surface area contributed by atoms with Crippen molar-refractivity contribution in [2.75, 3.05) is 5.43 Å². The molecule has 0 unspecified atom stereocenters. The van der Waals surface area contributed by atoms with Crippen molar-refractivity contribution in [2.45, 2.75) is 0 Å². The molecule has 0 fully saturated rings. The fourth-order valence-electron chi connectivity index (χ4n) is 3.06. The molecule has 0 saturated carbocycles. The molecule has 4 aromatic rings. The molecule has 0 aliphatic carbocycles. The third-order valence-electron chi connectivity index (χ3n) is 4.63. The topological polar surface area (TPSA) is 107 Å². The third kappa shape index (κ3) is 4.26. The Balaban J connectivity index is 1.69. The number of nitrogens with one attached hydrogen (secondary N) is 1. The molecule has 4 rings (SSSR count). The van der Waals surface area contributed by atoms with Crippen LogP contribution in [-0.2, 0) is 4.79 Å². The first kappa shape index (κ1) is 20.6. The summed E-state index contributed by atoms with van der Waals surface area (Å²) in [5.74, 6) is -0.921. The van der Waals surface area contributed by atoms with Gasteiger partial charge < -0.3 is 0 Å². The van der Waals surface area contributed by atoms with Gasteiger partial charge in [-0.1, -0.05) is 12.1 Å². The van der Waals surface area contributed by atoms with Gasteiger partial charge in [0.05, 0.1) is 15.8 Å². The first-order valence-electron chi connectivity index (χ1n) is 9.43. The molecule has 0 aliphatic rings. The zero-order valence-corrected chi connectivity index (χ0v) is 16.4. The van der Waals surface area contributed by atoms with E-state index < -0.39 is 22.2 Å². The third-order valence-corrected chi connectivity index (χ3v) is 4.63. The Hall–Kier alpha value is -4.66. The molecule has 32 heavy (non-hydrogen) atoms. The molecule has 3 aromatic carbocycles. The van der Waals surface area contributed by atoms with Crippen molar-refractivity contribution in [3.8, 4) is 11.4 Å². The van der Waals surface area contributed by atoms with Gasteiger partial charge in [-0.25, -0.2) is 9.37 Å². The molecule has 1 N–H and O–H groups in total. The Morgan fingerprint density at radius 3 is 2.41 bits per heavy atom. The molecule has 0 bridgehead atoms. The number of benzene rings is 3. The van der Waals surface area contributed by atoms with E-state index in [1.165, 1.54) is 60.7 Å². The summed E-state index contributed by atoms with van der Waals surface area (Å²) in [6.45, 7) is 0. The SMILES string of the molecule is O=C(C=Cc1ccc([N+](=O)[O-])cc1)Nn1c(-c2ccc(F)cc2)nc2ccccc2c1=O. The predicted molar refractivity (Wildman–Crippen MR) is 118 cm³/mol. The van der Waals surface area contributed by atoms with Gasteiger partial charge in [-0.05, 0) is 60.2 Å². The maximum absolute atomic E-state index is 13.4. The predicted octanol–water partition coefficient (Wildman–Crippen LogP) is 3.89. The molecule has 0 spiro atoms. The number of nitro groups is 1. The van der Waals surface area contributed by atoms with Crippen molar-refractivity contribution in [3.63, 3.8) is 0 Å². The highest BCUT2D eigenvalue weighted by Gasteiger charge is 2.14. The van der Waals surface area contributed by atoms with E-state index in [0.717, 1.165) is 4.68 Å². The largest absolute Gasteiger partial charge is 0.280 e. The summed E-state index contributed by atoms with van der Waals surface area (Å²) >= 11 is 0. The number of hydrogen-bond donors (Lipinski definition) is 1. The molecule has 1 aromatic heterocycles. The second-order valence-electron chi connectivity index (χ2n) is 6.76. The quantitative estimate of drug-likeness (QED) is 0.294. The fraction of sp³-hybridized carbons (Fsp3) is 0. The van der Waals surface area contributed by atoms with Crippen LogP contribution in [-0.4, -0.2) is 20.5 Å². The first-order chi connectivity index (χ1) is 15.4. The van der Waals surface area contributed by atoms with Crippen LogP contribution in [0.25, 0.3) is 28.4 Å². The molecule has 9 heteroatoms. The van der Waals surface area contributed by atoms with Crippen LogP contribution in [0.4, 0.5) is 10.1 Å². The van der Waals surface area contributed by atoms with E-state index in [4.69, 9.17) is 0 Å². The van der Waals surface area contributed by atoms with Crippen LogP contribution in [0.5, 0.6) is 0 Å². The number of carbonyl (C=O) groups excluding carboxylic acids is 1. The van der Waals surface area contributed by atoms with Crippen molar-refractivity contribution >= 4 is 28.6 Å². The van der Waals surface area contributed by atoms with Gasteiger partial charge in [0.15, 0.2) is 5.82 Å². The molecule has 0 saturated heterocycles. The summed E-state index contributed by atoms with van der Waals surface area (Å²) in [4.78, 5) is 40.3. The number of rotatable bonds is 5. The van der Waals surface area contributed by atoms with Crippen molar-refractivity contribution in [1.29, 1.82) is 0 Å². The lowest BCUT2D eigenvalue weighted by molar-refractivity contribution is -0.384. The van der Waals surface area contributed by atoms with Crippen LogP contribution < -0.4 is 11.0 Å². The Labute approximate surface area is 180 Å². The summed E-state index contributed by atoms with van der Waals surface area (Å²) in [7, 11) is 0. The zero-order valence-electron chi connectivity index (χ0n) is 16.4. The molecule has 0 atom stereocenters. The number of aromatic nitrogens is 2. The van der Waals surface area contributed by atoms with Crippen LogP contribution in [0.2, 0.25) is 0 Å². The average molecular weight is 430 g/mol. The van der Waals surface area contributed by atoms with Crippen LogP contribution in [0.3, 0.4) is 0 Å². The Morgan fingerprint density at radius 1 is 1.03 bits per heavy atom. The van der Waals surface area contributed by atoms with Crippen molar-refractivity contribution < 1.29 is 14.1 Å². The van der Waals surface area contributed by atoms with Gasteiger partial charge in [0.2, 0.25) is 0 Å². The summed E-state index contributed by atoms with van der Waals surface area (Å²) in [5.41, 5.74) is 3.38. The molecular formula is C23H15FN4O4. The first-order valence-corrected chi connectivity index (χ1v) is 9.43. The summed E-state index contributed by atoms with van der Waals surface area (Å²) in [6.07, 6.45) is 2.65. The smallest absolute Gasteiger partial charge is 0.268 e.